The van der Waals surface area contributed by atoms with Crippen molar-refractivity contribution in [1.82, 2.24) is 10.6 Å². The third-order valence-corrected chi connectivity index (χ3v) is 4.78. The van der Waals surface area contributed by atoms with E-state index in [9.17, 15) is 8.42 Å². The van der Waals surface area contributed by atoms with Crippen LogP contribution in [0.4, 0.5) is 0 Å². The first-order chi connectivity index (χ1) is 11.1. The molecule has 1 aromatic rings. The summed E-state index contributed by atoms with van der Waals surface area (Å²) in [6.07, 6.45) is 2.70. The lowest BCUT2D eigenvalue weighted by molar-refractivity contribution is 0.359. The van der Waals surface area contributed by atoms with E-state index < -0.39 is 9.84 Å². The molecule has 0 aliphatic heterocycles. The Hall–Kier alpha value is -1.27. The average molecular weight is 374 g/mol. The van der Waals surface area contributed by atoms with Gasteiger partial charge in [-0.2, -0.15) is 0 Å². The van der Waals surface area contributed by atoms with Crippen molar-refractivity contribution < 1.29 is 8.42 Å². The lowest BCUT2D eigenvalue weighted by Crippen LogP contribution is -2.43. The highest BCUT2D eigenvalue weighted by Gasteiger charge is 2.19. The second-order valence-corrected chi connectivity index (χ2v) is 9.50. The fourth-order valence-electron chi connectivity index (χ4n) is 2.35. The fraction of sp³-hybridized carbons (Fsp3) is 0.588. The highest BCUT2D eigenvalue weighted by molar-refractivity contribution is 7.90. The quantitative estimate of drug-likeness (QED) is 0.417. The molecule has 0 saturated carbocycles. The summed E-state index contributed by atoms with van der Waals surface area (Å²) >= 11 is 6.04. The molecule has 5 nitrogen and oxygen atoms in total. The van der Waals surface area contributed by atoms with Crippen LogP contribution in [0.25, 0.3) is 0 Å². The van der Waals surface area contributed by atoms with E-state index in [1.165, 1.54) is 11.8 Å². The summed E-state index contributed by atoms with van der Waals surface area (Å²) in [6.45, 7) is 5.67. The molecule has 0 aliphatic carbocycles. The van der Waals surface area contributed by atoms with Crippen LogP contribution in [0.15, 0.2) is 29.3 Å². The van der Waals surface area contributed by atoms with Crippen LogP contribution >= 0.6 is 11.6 Å². The third kappa shape index (κ3) is 9.13. The van der Waals surface area contributed by atoms with Gasteiger partial charge >= 0.3 is 0 Å². The van der Waals surface area contributed by atoms with Gasteiger partial charge in [-0.15, -0.1) is 0 Å². The molecular weight excluding hydrogens is 346 g/mol. The van der Waals surface area contributed by atoms with E-state index in [1.807, 2.05) is 18.2 Å². The van der Waals surface area contributed by atoms with Crippen LogP contribution in [-0.4, -0.2) is 46.5 Å². The highest BCUT2D eigenvalue weighted by Crippen LogP contribution is 2.22. The monoisotopic (exact) mass is 373 g/mol. The summed E-state index contributed by atoms with van der Waals surface area (Å²) < 4.78 is 22.2. The van der Waals surface area contributed by atoms with Crippen molar-refractivity contribution in [3.63, 3.8) is 0 Å². The van der Waals surface area contributed by atoms with E-state index in [-0.39, 0.29) is 11.2 Å². The predicted octanol–water partition coefficient (Wildman–Crippen LogP) is 2.51. The second-order valence-electron chi connectivity index (χ2n) is 6.81. The zero-order valence-corrected chi connectivity index (χ0v) is 16.5. The number of nitrogens with zero attached hydrogens (tertiary/aromatic N) is 1. The van der Waals surface area contributed by atoms with E-state index in [1.54, 1.807) is 7.05 Å². The molecule has 136 valence electrons. The first-order valence-corrected chi connectivity index (χ1v) is 10.4. The molecule has 0 heterocycles. The van der Waals surface area contributed by atoms with Gasteiger partial charge in [0.05, 0.1) is 5.75 Å². The fourth-order valence-corrected chi connectivity index (χ4v) is 3.23. The summed E-state index contributed by atoms with van der Waals surface area (Å²) in [6, 6.07) is 7.90. The normalized spacial score (nSPS) is 13.0. The second kappa shape index (κ2) is 9.28. The van der Waals surface area contributed by atoms with Gasteiger partial charge in [0, 0.05) is 31.4 Å². The average Bonchev–Trinajstić information content (AvgIpc) is 2.45. The molecule has 7 heteroatoms. The van der Waals surface area contributed by atoms with Gasteiger partial charge < -0.3 is 10.6 Å². The topological polar surface area (TPSA) is 70.6 Å². The van der Waals surface area contributed by atoms with Crippen molar-refractivity contribution in [3.8, 4) is 0 Å². The number of rotatable bonds is 8. The first kappa shape index (κ1) is 20.8. The van der Waals surface area contributed by atoms with E-state index in [2.05, 4.69) is 35.5 Å². The van der Waals surface area contributed by atoms with Crippen molar-refractivity contribution in [1.29, 1.82) is 0 Å². The van der Waals surface area contributed by atoms with Crippen LogP contribution in [0.1, 0.15) is 25.8 Å². The summed E-state index contributed by atoms with van der Waals surface area (Å²) in [5.74, 6) is 0.861. The highest BCUT2D eigenvalue weighted by atomic mass is 35.5. The predicted molar refractivity (Wildman–Crippen MR) is 103 cm³/mol. The van der Waals surface area contributed by atoms with Crippen LogP contribution in [0, 0.1) is 5.41 Å². The molecule has 0 spiro atoms. The van der Waals surface area contributed by atoms with Crippen molar-refractivity contribution >= 4 is 27.4 Å². The smallest absolute Gasteiger partial charge is 0.190 e. The maximum atomic E-state index is 11.1. The van der Waals surface area contributed by atoms with Crippen LogP contribution < -0.4 is 10.6 Å². The van der Waals surface area contributed by atoms with Gasteiger partial charge in [0.25, 0.3) is 0 Å². The molecule has 24 heavy (non-hydrogen) atoms. The third-order valence-electron chi connectivity index (χ3n) is 3.51. The Morgan fingerprint density at radius 2 is 2.00 bits per heavy atom. The molecule has 2 N–H and O–H groups in total. The molecule has 1 aromatic carbocycles. The number of sulfone groups is 1. The minimum absolute atomic E-state index is 0.0229. The Morgan fingerprint density at radius 1 is 1.29 bits per heavy atom. The summed E-state index contributed by atoms with van der Waals surface area (Å²) in [5, 5.41) is 7.19. The van der Waals surface area contributed by atoms with Crippen LogP contribution in [0.5, 0.6) is 0 Å². The lowest BCUT2D eigenvalue weighted by Gasteiger charge is -2.26. The van der Waals surface area contributed by atoms with Gasteiger partial charge in [-0.25, -0.2) is 8.42 Å². The minimum atomic E-state index is -2.91. The van der Waals surface area contributed by atoms with E-state index >= 15 is 0 Å². The van der Waals surface area contributed by atoms with Gasteiger partial charge in [-0.3, -0.25) is 4.99 Å². The maximum absolute atomic E-state index is 11.1. The van der Waals surface area contributed by atoms with Gasteiger partial charge in [-0.05, 0) is 36.0 Å². The van der Waals surface area contributed by atoms with Crippen LogP contribution in [0.2, 0.25) is 5.02 Å². The van der Waals surface area contributed by atoms with Crippen molar-refractivity contribution in [2.45, 2.75) is 26.7 Å². The molecule has 1 rings (SSSR count). The molecule has 0 radical (unpaired) electrons. The number of guanidine groups is 1. The van der Waals surface area contributed by atoms with Crippen LogP contribution in [0.3, 0.4) is 0 Å². The Labute approximate surface area is 150 Å². The van der Waals surface area contributed by atoms with Gasteiger partial charge in [0.15, 0.2) is 5.96 Å². The Balaban J connectivity index is 2.43. The molecule has 0 amide bonds. The van der Waals surface area contributed by atoms with Gasteiger partial charge in [0.2, 0.25) is 0 Å². The van der Waals surface area contributed by atoms with Crippen molar-refractivity contribution in [3.05, 3.63) is 34.9 Å². The van der Waals surface area contributed by atoms with E-state index in [0.29, 0.717) is 18.9 Å². The lowest BCUT2D eigenvalue weighted by atomic mass is 9.86. The van der Waals surface area contributed by atoms with Crippen LogP contribution in [-0.2, 0) is 16.3 Å². The first-order valence-electron chi connectivity index (χ1n) is 7.98. The van der Waals surface area contributed by atoms with Crippen molar-refractivity contribution in [2.75, 3.05) is 32.1 Å². The number of benzene rings is 1. The SMILES string of the molecule is CN=C(NCCCS(C)(=O)=O)NCC(C)(C)Cc1cccc(Cl)c1. The van der Waals surface area contributed by atoms with Crippen molar-refractivity contribution in [2.24, 2.45) is 10.4 Å². The molecule has 0 saturated heterocycles. The summed E-state index contributed by atoms with van der Waals surface area (Å²) in [5.41, 5.74) is 1.22. The molecule has 0 atom stereocenters. The summed E-state index contributed by atoms with van der Waals surface area (Å²) in [4.78, 5) is 4.17. The molecule has 0 aliphatic rings. The standard InChI is InChI=1S/C17H28ClN3O2S/c1-17(2,12-14-7-5-8-15(18)11-14)13-21-16(19-3)20-9-6-10-24(4,22)23/h5,7-8,11H,6,9-10,12-13H2,1-4H3,(H2,19,20,21). The Morgan fingerprint density at radius 3 is 2.58 bits per heavy atom. The Bertz CT molecular complexity index is 658. The van der Waals surface area contributed by atoms with Gasteiger partial charge in [-0.1, -0.05) is 37.6 Å². The zero-order valence-electron chi connectivity index (χ0n) is 14.9. The van der Waals surface area contributed by atoms with E-state index in [4.69, 9.17) is 11.6 Å². The molecular formula is C17H28ClN3O2S. The summed E-state index contributed by atoms with van der Waals surface area (Å²) in [7, 11) is -1.21. The molecule has 0 unspecified atom stereocenters. The number of hydrogen-bond donors (Lipinski definition) is 2. The molecule has 0 bridgehead atoms. The minimum Gasteiger partial charge on any atom is -0.356 e. The molecule has 0 aromatic heterocycles. The van der Waals surface area contributed by atoms with Gasteiger partial charge in [0.1, 0.15) is 9.84 Å². The number of aliphatic imine (C=N–C) groups is 1. The number of halogens is 1. The van der Waals surface area contributed by atoms with E-state index in [0.717, 1.165) is 18.0 Å². The largest absolute Gasteiger partial charge is 0.356 e. The maximum Gasteiger partial charge on any atom is 0.190 e. The molecule has 0 fully saturated rings. The number of nitrogens with one attached hydrogen (secondary N) is 2. The zero-order chi connectivity index (χ0) is 18.2. The Kier molecular flexibility index (Phi) is 8.03. The number of hydrogen-bond acceptors (Lipinski definition) is 3.